The molecule has 3 heterocycles. The standard InChI is InChI=1S/C27H32N4O2/c1-4-5-16(2)23-10-17(3)22(14-28-23)21-11-20-13-29-25(30-26(32)19-8-9-19)12-24(20)31(27(21)33)15-18-6-7-18/h10-14,16,18-19H,4-9,15H2,1-3H3,(H,29,30,32)/t16-/m1/s1. The van der Waals surface area contributed by atoms with E-state index in [2.05, 4.69) is 37.1 Å². The molecule has 0 unspecified atom stereocenters. The average molecular weight is 445 g/mol. The number of aryl methyl sites for hydroxylation is 1. The van der Waals surface area contributed by atoms with Crippen LogP contribution in [-0.2, 0) is 11.3 Å². The molecule has 2 saturated carbocycles. The molecule has 1 N–H and O–H groups in total. The van der Waals surface area contributed by atoms with Crippen molar-refractivity contribution < 1.29 is 4.79 Å². The van der Waals surface area contributed by atoms with Crippen molar-refractivity contribution in [2.75, 3.05) is 5.32 Å². The third-order valence-electron chi connectivity index (χ3n) is 6.96. The van der Waals surface area contributed by atoms with E-state index in [1.54, 1.807) is 6.20 Å². The highest BCUT2D eigenvalue weighted by Crippen LogP contribution is 2.33. The van der Waals surface area contributed by atoms with Crippen molar-refractivity contribution in [2.24, 2.45) is 11.8 Å². The molecule has 3 aromatic heterocycles. The number of rotatable bonds is 8. The predicted octanol–water partition coefficient (Wildman–Crippen LogP) is 5.43. The van der Waals surface area contributed by atoms with Crippen molar-refractivity contribution in [3.8, 4) is 11.1 Å². The zero-order chi connectivity index (χ0) is 23.1. The molecule has 6 heteroatoms. The maximum absolute atomic E-state index is 13.7. The Morgan fingerprint density at radius 3 is 2.58 bits per heavy atom. The Bertz CT molecular complexity index is 1270. The number of hydrogen-bond donors (Lipinski definition) is 1. The maximum Gasteiger partial charge on any atom is 0.258 e. The zero-order valence-corrected chi connectivity index (χ0v) is 19.7. The lowest BCUT2D eigenvalue weighted by atomic mass is 9.96. The molecule has 0 saturated heterocycles. The van der Waals surface area contributed by atoms with Crippen molar-refractivity contribution in [3.63, 3.8) is 0 Å². The number of nitrogens with one attached hydrogen (secondary N) is 1. The first-order chi connectivity index (χ1) is 15.9. The number of anilines is 1. The number of carbonyl (C=O) groups is 1. The van der Waals surface area contributed by atoms with E-state index in [1.165, 1.54) is 0 Å². The van der Waals surface area contributed by atoms with Crippen LogP contribution in [0.4, 0.5) is 5.82 Å². The number of hydrogen-bond acceptors (Lipinski definition) is 4. The summed E-state index contributed by atoms with van der Waals surface area (Å²) in [5.74, 6) is 1.59. The Kier molecular flexibility index (Phi) is 5.77. The van der Waals surface area contributed by atoms with Gasteiger partial charge in [0, 0.05) is 53.1 Å². The maximum atomic E-state index is 13.7. The zero-order valence-electron chi connectivity index (χ0n) is 19.7. The molecule has 0 aliphatic heterocycles. The van der Waals surface area contributed by atoms with E-state index < -0.39 is 0 Å². The molecule has 6 nitrogen and oxygen atoms in total. The Morgan fingerprint density at radius 2 is 1.91 bits per heavy atom. The molecule has 3 aromatic rings. The molecule has 0 aromatic carbocycles. The van der Waals surface area contributed by atoms with Crippen LogP contribution >= 0.6 is 0 Å². The van der Waals surface area contributed by atoms with Gasteiger partial charge in [-0.25, -0.2) is 4.98 Å². The molecule has 0 bridgehead atoms. The topological polar surface area (TPSA) is 76.9 Å². The SMILES string of the molecule is CCC[C@@H](C)c1cc(C)c(-c2cc3cnc(NC(=O)C4CC4)cc3n(CC3CC3)c2=O)cn1. The van der Waals surface area contributed by atoms with Crippen LogP contribution < -0.4 is 10.9 Å². The molecule has 1 amide bonds. The van der Waals surface area contributed by atoms with E-state index >= 15 is 0 Å². The molecule has 0 spiro atoms. The number of fused-ring (bicyclic) bond motifs is 1. The van der Waals surface area contributed by atoms with Gasteiger partial charge in [-0.2, -0.15) is 0 Å². The second-order valence-corrected chi connectivity index (χ2v) is 9.92. The van der Waals surface area contributed by atoms with Gasteiger partial charge in [-0.15, -0.1) is 0 Å². The fourth-order valence-corrected chi connectivity index (χ4v) is 4.56. The van der Waals surface area contributed by atoms with E-state index in [0.717, 1.165) is 66.2 Å². The fraction of sp³-hybridized carbons (Fsp3) is 0.481. The third-order valence-corrected chi connectivity index (χ3v) is 6.96. The van der Waals surface area contributed by atoms with Gasteiger partial charge in [0.2, 0.25) is 5.91 Å². The Balaban J connectivity index is 1.57. The van der Waals surface area contributed by atoms with Crippen LogP contribution in [0.15, 0.2) is 35.4 Å². The minimum Gasteiger partial charge on any atom is -0.310 e. The van der Waals surface area contributed by atoms with Crippen molar-refractivity contribution in [1.82, 2.24) is 14.5 Å². The van der Waals surface area contributed by atoms with Crippen LogP contribution in [0.25, 0.3) is 22.0 Å². The summed E-state index contributed by atoms with van der Waals surface area (Å²) >= 11 is 0. The Hall–Kier alpha value is -3.02. The van der Waals surface area contributed by atoms with Crippen LogP contribution in [0.2, 0.25) is 0 Å². The highest BCUT2D eigenvalue weighted by atomic mass is 16.2. The molecule has 2 fully saturated rings. The number of pyridine rings is 3. The van der Waals surface area contributed by atoms with Crippen LogP contribution in [0.1, 0.15) is 69.5 Å². The van der Waals surface area contributed by atoms with Crippen molar-refractivity contribution in [2.45, 2.75) is 71.8 Å². The first kappa shape index (κ1) is 21.8. The summed E-state index contributed by atoms with van der Waals surface area (Å²) in [7, 11) is 0. The van der Waals surface area contributed by atoms with Gasteiger partial charge in [-0.3, -0.25) is 14.6 Å². The number of amides is 1. The van der Waals surface area contributed by atoms with E-state index in [1.807, 2.05) is 22.9 Å². The first-order valence-corrected chi connectivity index (χ1v) is 12.3. The van der Waals surface area contributed by atoms with Crippen LogP contribution in [0.3, 0.4) is 0 Å². The molecule has 172 valence electrons. The summed E-state index contributed by atoms with van der Waals surface area (Å²) in [6.07, 6.45) is 10.0. The normalized spacial score (nSPS) is 16.7. The second kappa shape index (κ2) is 8.73. The predicted molar refractivity (Wildman–Crippen MR) is 131 cm³/mol. The van der Waals surface area contributed by atoms with Gasteiger partial charge in [0.15, 0.2) is 0 Å². The van der Waals surface area contributed by atoms with Crippen LogP contribution in [0.5, 0.6) is 0 Å². The average Bonchev–Trinajstić information content (AvgIpc) is 3.70. The molecular formula is C27H32N4O2. The molecular weight excluding hydrogens is 412 g/mol. The summed E-state index contributed by atoms with van der Waals surface area (Å²) < 4.78 is 1.88. The third kappa shape index (κ3) is 4.56. The van der Waals surface area contributed by atoms with Gasteiger partial charge in [0.05, 0.1) is 5.52 Å². The number of aromatic nitrogens is 3. The molecule has 2 aliphatic carbocycles. The number of nitrogens with zero attached hydrogens (tertiary/aromatic N) is 3. The van der Waals surface area contributed by atoms with Crippen molar-refractivity contribution in [3.05, 3.63) is 52.2 Å². The molecule has 5 rings (SSSR count). The van der Waals surface area contributed by atoms with Crippen LogP contribution in [-0.4, -0.2) is 20.4 Å². The molecule has 1 atom stereocenters. The van der Waals surface area contributed by atoms with Gasteiger partial charge in [0.1, 0.15) is 5.82 Å². The lowest BCUT2D eigenvalue weighted by molar-refractivity contribution is -0.117. The second-order valence-electron chi connectivity index (χ2n) is 9.92. The lowest BCUT2D eigenvalue weighted by Gasteiger charge is -2.16. The van der Waals surface area contributed by atoms with Gasteiger partial charge >= 0.3 is 0 Å². The fourth-order valence-electron chi connectivity index (χ4n) is 4.56. The number of carbonyl (C=O) groups excluding carboxylic acids is 1. The van der Waals surface area contributed by atoms with E-state index in [-0.39, 0.29) is 17.4 Å². The first-order valence-electron chi connectivity index (χ1n) is 12.3. The molecule has 33 heavy (non-hydrogen) atoms. The molecule has 2 aliphatic rings. The van der Waals surface area contributed by atoms with E-state index in [0.29, 0.717) is 29.8 Å². The van der Waals surface area contributed by atoms with Gasteiger partial charge in [-0.1, -0.05) is 20.3 Å². The largest absolute Gasteiger partial charge is 0.310 e. The van der Waals surface area contributed by atoms with Gasteiger partial charge < -0.3 is 9.88 Å². The summed E-state index contributed by atoms with van der Waals surface area (Å²) in [6, 6.07) is 5.91. The van der Waals surface area contributed by atoms with Gasteiger partial charge in [-0.05, 0) is 68.6 Å². The summed E-state index contributed by atoms with van der Waals surface area (Å²) in [4.78, 5) is 35.1. The van der Waals surface area contributed by atoms with Crippen molar-refractivity contribution in [1.29, 1.82) is 0 Å². The Labute approximate surface area is 194 Å². The van der Waals surface area contributed by atoms with Crippen LogP contribution in [0, 0.1) is 18.8 Å². The summed E-state index contributed by atoms with van der Waals surface area (Å²) in [5, 5.41) is 3.82. The monoisotopic (exact) mass is 444 g/mol. The highest BCUT2D eigenvalue weighted by Gasteiger charge is 2.30. The van der Waals surface area contributed by atoms with Crippen molar-refractivity contribution >= 4 is 22.6 Å². The lowest BCUT2D eigenvalue weighted by Crippen LogP contribution is -2.24. The quantitative estimate of drug-likeness (QED) is 0.503. The van der Waals surface area contributed by atoms with Gasteiger partial charge in [0.25, 0.3) is 5.56 Å². The smallest absolute Gasteiger partial charge is 0.258 e. The minimum absolute atomic E-state index is 0.000624. The molecule has 0 radical (unpaired) electrons. The Morgan fingerprint density at radius 1 is 1.12 bits per heavy atom. The summed E-state index contributed by atoms with van der Waals surface area (Å²) in [6.45, 7) is 7.14. The highest BCUT2D eigenvalue weighted by molar-refractivity contribution is 5.95. The van der Waals surface area contributed by atoms with E-state index in [4.69, 9.17) is 4.98 Å². The minimum atomic E-state index is -0.000624. The summed E-state index contributed by atoms with van der Waals surface area (Å²) in [5.41, 5.74) is 4.52. The van der Waals surface area contributed by atoms with E-state index in [9.17, 15) is 9.59 Å².